The van der Waals surface area contributed by atoms with Crippen molar-refractivity contribution in [1.29, 1.82) is 0 Å². The van der Waals surface area contributed by atoms with Gasteiger partial charge in [-0.15, -0.1) is 0 Å². The first-order chi connectivity index (χ1) is 12.2. The predicted octanol–water partition coefficient (Wildman–Crippen LogP) is 3.26. The number of para-hydroxylation sites is 2. The summed E-state index contributed by atoms with van der Waals surface area (Å²) in [5.41, 5.74) is 0.230. The number of carbonyl (C=O) groups is 1. The highest BCUT2D eigenvalue weighted by atomic mass is 16.6. The van der Waals surface area contributed by atoms with Gasteiger partial charge in [-0.25, -0.2) is 4.79 Å². The van der Waals surface area contributed by atoms with Crippen molar-refractivity contribution >= 4 is 5.97 Å². The summed E-state index contributed by atoms with van der Waals surface area (Å²) in [6.45, 7) is 4.15. The molecule has 0 aromatic heterocycles. The SMILES string of the molecule is CCOc1ccccc1OCCOCCOc1ccc(C(=O)O)cc1. The number of aromatic carboxylic acids is 1. The fraction of sp³-hybridized carbons (Fsp3) is 0.316. The van der Waals surface area contributed by atoms with Gasteiger partial charge in [-0.3, -0.25) is 0 Å². The van der Waals surface area contributed by atoms with E-state index in [1.54, 1.807) is 12.1 Å². The first-order valence-electron chi connectivity index (χ1n) is 8.09. The Morgan fingerprint density at radius 2 is 1.44 bits per heavy atom. The minimum absolute atomic E-state index is 0.230. The number of carboxylic acid groups (broad SMARTS) is 1. The van der Waals surface area contributed by atoms with Crippen molar-refractivity contribution in [2.45, 2.75) is 6.92 Å². The minimum atomic E-state index is -0.958. The number of hydrogen-bond donors (Lipinski definition) is 1. The maximum absolute atomic E-state index is 10.8. The van der Waals surface area contributed by atoms with E-state index in [0.29, 0.717) is 44.5 Å². The van der Waals surface area contributed by atoms with Gasteiger partial charge in [0.15, 0.2) is 11.5 Å². The Labute approximate surface area is 146 Å². The lowest BCUT2D eigenvalue weighted by molar-refractivity contribution is 0.0696. The maximum atomic E-state index is 10.8. The van der Waals surface area contributed by atoms with Crippen LogP contribution in [0.2, 0.25) is 0 Å². The van der Waals surface area contributed by atoms with Gasteiger partial charge >= 0.3 is 5.97 Å². The summed E-state index contributed by atoms with van der Waals surface area (Å²) in [6.07, 6.45) is 0. The number of ether oxygens (including phenoxy) is 4. The molecule has 25 heavy (non-hydrogen) atoms. The van der Waals surface area contributed by atoms with Crippen molar-refractivity contribution in [3.8, 4) is 17.2 Å². The lowest BCUT2D eigenvalue weighted by Gasteiger charge is -2.12. The zero-order chi connectivity index (χ0) is 17.9. The van der Waals surface area contributed by atoms with Crippen molar-refractivity contribution in [2.24, 2.45) is 0 Å². The molecule has 0 amide bonds. The molecule has 134 valence electrons. The van der Waals surface area contributed by atoms with Gasteiger partial charge in [0.25, 0.3) is 0 Å². The molecule has 2 rings (SSSR count). The van der Waals surface area contributed by atoms with Crippen molar-refractivity contribution in [1.82, 2.24) is 0 Å². The molecule has 6 heteroatoms. The molecule has 0 unspecified atom stereocenters. The standard InChI is InChI=1S/C19H22O6/c1-2-23-17-5-3-4-6-18(17)25-14-12-22-11-13-24-16-9-7-15(8-10-16)19(20)21/h3-10H,2,11-14H2,1H3,(H,20,21). The van der Waals surface area contributed by atoms with Crippen LogP contribution >= 0.6 is 0 Å². The van der Waals surface area contributed by atoms with E-state index in [1.165, 1.54) is 12.1 Å². The number of carboxylic acids is 1. The van der Waals surface area contributed by atoms with E-state index in [0.717, 1.165) is 5.75 Å². The molecular weight excluding hydrogens is 324 g/mol. The molecular formula is C19H22O6. The molecule has 0 aliphatic carbocycles. The third-order valence-electron chi connectivity index (χ3n) is 3.23. The van der Waals surface area contributed by atoms with Crippen molar-refractivity contribution < 1.29 is 28.8 Å². The molecule has 0 fully saturated rings. The largest absolute Gasteiger partial charge is 0.491 e. The van der Waals surface area contributed by atoms with Crippen LogP contribution in [0.3, 0.4) is 0 Å². The predicted molar refractivity (Wildman–Crippen MR) is 92.8 cm³/mol. The van der Waals surface area contributed by atoms with Gasteiger partial charge in [0.05, 0.1) is 25.4 Å². The Morgan fingerprint density at radius 1 is 0.840 bits per heavy atom. The molecule has 0 aliphatic heterocycles. The van der Waals surface area contributed by atoms with Crippen molar-refractivity contribution in [3.05, 3.63) is 54.1 Å². The summed E-state index contributed by atoms with van der Waals surface area (Å²) >= 11 is 0. The zero-order valence-corrected chi connectivity index (χ0v) is 14.1. The molecule has 0 atom stereocenters. The Morgan fingerprint density at radius 3 is 2.04 bits per heavy atom. The molecule has 0 saturated carbocycles. The molecule has 6 nitrogen and oxygen atoms in total. The third kappa shape index (κ3) is 6.35. The smallest absolute Gasteiger partial charge is 0.335 e. The summed E-state index contributed by atoms with van der Waals surface area (Å²) < 4.78 is 22.1. The molecule has 2 aromatic rings. The second kappa shape index (κ2) is 10.2. The van der Waals surface area contributed by atoms with E-state index < -0.39 is 5.97 Å². The highest BCUT2D eigenvalue weighted by Gasteiger charge is 2.03. The van der Waals surface area contributed by atoms with E-state index in [-0.39, 0.29) is 5.56 Å². The van der Waals surface area contributed by atoms with Crippen LogP contribution in [0.25, 0.3) is 0 Å². The van der Waals surface area contributed by atoms with Crippen LogP contribution in [0.4, 0.5) is 0 Å². The van der Waals surface area contributed by atoms with Crippen LogP contribution in [0.5, 0.6) is 17.2 Å². The Balaban J connectivity index is 1.60. The Hall–Kier alpha value is -2.73. The molecule has 1 N–H and O–H groups in total. The lowest BCUT2D eigenvalue weighted by Crippen LogP contribution is -2.12. The van der Waals surface area contributed by atoms with Gasteiger partial charge in [0, 0.05) is 0 Å². The highest BCUT2D eigenvalue weighted by molar-refractivity contribution is 5.87. The van der Waals surface area contributed by atoms with E-state index >= 15 is 0 Å². The number of benzene rings is 2. The van der Waals surface area contributed by atoms with Crippen LogP contribution in [-0.2, 0) is 4.74 Å². The summed E-state index contributed by atoms with van der Waals surface area (Å²) in [7, 11) is 0. The fourth-order valence-corrected chi connectivity index (χ4v) is 2.07. The maximum Gasteiger partial charge on any atom is 0.335 e. The number of hydrogen-bond acceptors (Lipinski definition) is 5. The van der Waals surface area contributed by atoms with Crippen LogP contribution in [0.1, 0.15) is 17.3 Å². The van der Waals surface area contributed by atoms with Crippen LogP contribution in [-0.4, -0.2) is 44.1 Å². The van der Waals surface area contributed by atoms with Gasteiger partial charge in [-0.2, -0.15) is 0 Å². The van der Waals surface area contributed by atoms with Gasteiger partial charge in [0.2, 0.25) is 0 Å². The quantitative estimate of drug-likeness (QED) is 0.630. The van der Waals surface area contributed by atoms with E-state index in [2.05, 4.69) is 0 Å². The van der Waals surface area contributed by atoms with Gasteiger partial charge in [-0.05, 0) is 43.3 Å². The summed E-state index contributed by atoms with van der Waals surface area (Å²) in [5.74, 6) is 1.07. The molecule has 0 heterocycles. The third-order valence-corrected chi connectivity index (χ3v) is 3.23. The average Bonchev–Trinajstić information content (AvgIpc) is 2.63. The summed E-state index contributed by atoms with van der Waals surface area (Å²) in [4.78, 5) is 10.8. The molecule has 0 saturated heterocycles. The van der Waals surface area contributed by atoms with Gasteiger partial charge in [0.1, 0.15) is 19.0 Å². The van der Waals surface area contributed by atoms with Crippen LogP contribution < -0.4 is 14.2 Å². The molecule has 0 bridgehead atoms. The fourth-order valence-electron chi connectivity index (χ4n) is 2.07. The van der Waals surface area contributed by atoms with Crippen LogP contribution in [0, 0.1) is 0 Å². The van der Waals surface area contributed by atoms with Gasteiger partial charge < -0.3 is 24.1 Å². The first kappa shape index (κ1) is 18.6. The summed E-state index contributed by atoms with van der Waals surface area (Å²) in [6, 6.07) is 13.8. The molecule has 0 aliphatic rings. The van der Waals surface area contributed by atoms with Crippen molar-refractivity contribution in [3.63, 3.8) is 0 Å². The van der Waals surface area contributed by atoms with Crippen LogP contribution in [0.15, 0.2) is 48.5 Å². The lowest BCUT2D eigenvalue weighted by atomic mass is 10.2. The second-order valence-electron chi connectivity index (χ2n) is 5.02. The Kier molecular flexibility index (Phi) is 7.59. The van der Waals surface area contributed by atoms with E-state index in [9.17, 15) is 4.79 Å². The number of rotatable bonds is 11. The van der Waals surface area contributed by atoms with Crippen molar-refractivity contribution in [2.75, 3.05) is 33.0 Å². The topological polar surface area (TPSA) is 74.2 Å². The van der Waals surface area contributed by atoms with E-state index in [4.69, 9.17) is 24.1 Å². The Bertz CT molecular complexity index is 653. The first-order valence-corrected chi connectivity index (χ1v) is 8.09. The highest BCUT2D eigenvalue weighted by Crippen LogP contribution is 2.26. The van der Waals surface area contributed by atoms with E-state index in [1.807, 2.05) is 31.2 Å². The average molecular weight is 346 g/mol. The minimum Gasteiger partial charge on any atom is -0.491 e. The normalized spacial score (nSPS) is 10.3. The summed E-state index contributed by atoms with van der Waals surface area (Å²) in [5, 5.41) is 8.82. The molecule has 2 aromatic carbocycles. The monoisotopic (exact) mass is 346 g/mol. The molecule has 0 radical (unpaired) electrons. The second-order valence-corrected chi connectivity index (χ2v) is 5.02. The van der Waals surface area contributed by atoms with Gasteiger partial charge in [-0.1, -0.05) is 12.1 Å². The zero-order valence-electron chi connectivity index (χ0n) is 14.1. The molecule has 0 spiro atoms.